The van der Waals surface area contributed by atoms with Gasteiger partial charge in [-0.3, -0.25) is 13.9 Å². The van der Waals surface area contributed by atoms with Gasteiger partial charge in [0, 0.05) is 25.0 Å². The molecule has 6 nitrogen and oxygen atoms in total. The van der Waals surface area contributed by atoms with Gasteiger partial charge in [0.15, 0.2) is 4.77 Å². The van der Waals surface area contributed by atoms with E-state index in [1.165, 1.54) is 9.13 Å². The van der Waals surface area contributed by atoms with E-state index in [0.717, 1.165) is 10.0 Å². The Hall–Kier alpha value is -1.93. The second kappa shape index (κ2) is 5.93. The van der Waals surface area contributed by atoms with Gasteiger partial charge in [-0.05, 0) is 29.9 Å². The Labute approximate surface area is 146 Å². The van der Waals surface area contributed by atoms with Crippen molar-refractivity contribution in [2.75, 3.05) is 0 Å². The van der Waals surface area contributed by atoms with Crippen LogP contribution in [0.3, 0.4) is 0 Å². The summed E-state index contributed by atoms with van der Waals surface area (Å²) in [5.74, 6) is -0.157. The van der Waals surface area contributed by atoms with E-state index in [1.807, 2.05) is 24.3 Å². The summed E-state index contributed by atoms with van der Waals surface area (Å²) in [6.45, 7) is 0. The average Bonchev–Trinajstić information content (AvgIpc) is 3.01. The van der Waals surface area contributed by atoms with E-state index >= 15 is 0 Å². The Balaban J connectivity index is 1.98. The number of nitrogens with zero attached hydrogens (tertiary/aromatic N) is 3. The molecule has 0 unspecified atom stereocenters. The lowest BCUT2D eigenvalue weighted by Gasteiger charge is -2.12. The van der Waals surface area contributed by atoms with Crippen LogP contribution in [0.1, 0.15) is 23.6 Å². The van der Waals surface area contributed by atoms with E-state index in [4.69, 9.17) is 12.2 Å². The molecule has 2 N–H and O–H groups in total. The van der Waals surface area contributed by atoms with Gasteiger partial charge < -0.3 is 10.5 Å². The minimum Gasteiger partial charge on any atom is -0.494 e. The van der Waals surface area contributed by atoms with Gasteiger partial charge in [-0.2, -0.15) is 5.10 Å². The highest BCUT2D eigenvalue weighted by Gasteiger charge is 2.27. The predicted octanol–water partition coefficient (Wildman–Crippen LogP) is 2.36. The number of hydrogen-bond donors (Lipinski definition) is 2. The van der Waals surface area contributed by atoms with Crippen LogP contribution in [0, 0.1) is 4.77 Å². The zero-order chi connectivity index (χ0) is 16.7. The first-order chi connectivity index (χ1) is 10.9. The van der Waals surface area contributed by atoms with Gasteiger partial charge in [-0.15, -0.1) is 0 Å². The molecule has 1 aliphatic rings. The van der Waals surface area contributed by atoms with Crippen LogP contribution in [0.4, 0.5) is 0 Å². The SMILES string of the molecule is Cn1c(O)c(C2=NN[C@H](c3ccc(Br)cc3)C2)c(=O)n(C)c1=S. The smallest absolute Gasteiger partial charge is 0.267 e. The van der Waals surface area contributed by atoms with E-state index in [-0.39, 0.29) is 27.8 Å². The molecule has 8 heteroatoms. The van der Waals surface area contributed by atoms with Gasteiger partial charge in [0.1, 0.15) is 5.56 Å². The predicted molar refractivity (Wildman–Crippen MR) is 94.3 cm³/mol. The highest BCUT2D eigenvalue weighted by atomic mass is 79.9. The van der Waals surface area contributed by atoms with Gasteiger partial charge in [-0.1, -0.05) is 28.1 Å². The van der Waals surface area contributed by atoms with E-state index in [9.17, 15) is 9.90 Å². The van der Waals surface area contributed by atoms with Crippen molar-refractivity contribution in [3.05, 3.63) is 55.0 Å². The Morgan fingerprint density at radius 1 is 1.30 bits per heavy atom. The average molecular weight is 395 g/mol. The Bertz CT molecular complexity index is 915. The van der Waals surface area contributed by atoms with E-state index in [2.05, 4.69) is 26.5 Å². The fourth-order valence-corrected chi connectivity index (χ4v) is 3.01. The van der Waals surface area contributed by atoms with Crippen LogP contribution < -0.4 is 11.0 Å². The largest absolute Gasteiger partial charge is 0.494 e. The molecule has 0 radical (unpaired) electrons. The zero-order valence-electron chi connectivity index (χ0n) is 12.6. The first-order valence-electron chi connectivity index (χ1n) is 6.97. The Kier molecular flexibility index (Phi) is 4.11. The molecule has 2 aromatic rings. The molecule has 0 fully saturated rings. The monoisotopic (exact) mass is 394 g/mol. The fraction of sp³-hybridized carbons (Fsp3) is 0.267. The van der Waals surface area contributed by atoms with Crippen LogP contribution in [0.5, 0.6) is 5.88 Å². The molecule has 0 saturated heterocycles. The zero-order valence-corrected chi connectivity index (χ0v) is 15.0. The second-order valence-corrected chi connectivity index (χ2v) is 6.68. The first kappa shape index (κ1) is 15.9. The van der Waals surface area contributed by atoms with Crippen molar-refractivity contribution in [2.24, 2.45) is 19.2 Å². The quantitative estimate of drug-likeness (QED) is 0.766. The molecule has 1 aromatic carbocycles. The molecule has 0 amide bonds. The van der Waals surface area contributed by atoms with Gasteiger partial charge in [-0.25, -0.2) is 0 Å². The lowest BCUT2D eigenvalue weighted by Crippen LogP contribution is -2.28. The minimum atomic E-state index is -0.345. The van der Waals surface area contributed by atoms with Crippen LogP contribution in [0.15, 0.2) is 38.6 Å². The summed E-state index contributed by atoms with van der Waals surface area (Å²) in [5, 5.41) is 14.6. The number of aromatic nitrogens is 2. The minimum absolute atomic E-state index is 0.0318. The summed E-state index contributed by atoms with van der Waals surface area (Å²) in [6.07, 6.45) is 0.515. The third-order valence-electron chi connectivity index (χ3n) is 3.95. The van der Waals surface area contributed by atoms with Crippen LogP contribution in [0.25, 0.3) is 0 Å². The van der Waals surface area contributed by atoms with Gasteiger partial charge in [0.2, 0.25) is 5.88 Å². The third-order valence-corrected chi connectivity index (χ3v) is 5.02. The van der Waals surface area contributed by atoms with Crippen LogP contribution in [0.2, 0.25) is 0 Å². The van der Waals surface area contributed by atoms with E-state index < -0.39 is 0 Å². The van der Waals surface area contributed by atoms with Crippen LogP contribution in [-0.2, 0) is 14.1 Å². The lowest BCUT2D eigenvalue weighted by atomic mass is 10.00. The lowest BCUT2D eigenvalue weighted by molar-refractivity contribution is 0.414. The van der Waals surface area contributed by atoms with Gasteiger partial charge in [0.05, 0.1) is 11.8 Å². The van der Waals surface area contributed by atoms with E-state index in [1.54, 1.807) is 14.1 Å². The highest BCUT2D eigenvalue weighted by molar-refractivity contribution is 9.10. The summed E-state index contributed by atoms with van der Waals surface area (Å²) >= 11 is 8.53. The molecule has 1 aromatic heterocycles. The maximum absolute atomic E-state index is 12.4. The second-order valence-electron chi connectivity index (χ2n) is 5.40. The molecule has 0 spiro atoms. The molecular weight excluding hydrogens is 380 g/mol. The Morgan fingerprint density at radius 3 is 2.61 bits per heavy atom. The van der Waals surface area contributed by atoms with Gasteiger partial charge >= 0.3 is 0 Å². The molecular formula is C15H15BrN4O2S. The van der Waals surface area contributed by atoms with Crippen molar-refractivity contribution in [3.63, 3.8) is 0 Å². The Morgan fingerprint density at radius 2 is 1.96 bits per heavy atom. The molecule has 0 aliphatic carbocycles. The molecule has 3 rings (SSSR count). The molecule has 1 atom stereocenters. The van der Waals surface area contributed by atoms with Crippen LogP contribution in [-0.4, -0.2) is 20.0 Å². The number of rotatable bonds is 2. The number of hydrogen-bond acceptors (Lipinski definition) is 5. The molecule has 0 bridgehead atoms. The molecule has 23 heavy (non-hydrogen) atoms. The fourth-order valence-electron chi connectivity index (χ4n) is 2.57. The normalized spacial score (nSPS) is 17.0. The third kappa shape index (κ3) is 2.72. The number of hydrazone groups is 1. The maximum atomic E-state index is 12.4. The van der Waals surface area contributed by atoms with Crippen LogP contribution >= 0.6 is 28.1 Å². The van der Waals surface area contributed by atoms with Gasteiger partial charge in [0.25, 0.3) is 5.56 Å². The summed E-state index contributed by atoms with van der Waals surface area (Å²) in [4.78, 5) is 12.4. The number of nitrogens with one attached hydrogen (secondary N) is 1. The van der Waals surface area contributed by atoms with E-state index in [0.29, 0.717) is 12.1 Å². The summed E-state index contributed by atoms with van der Waals surface area (Å²) < 4.78 is 3.99. The molecule has 120 valence electrons. The molecule has 2 heterocycles. The summed E-state index contributed by atoms with van der Waals surface area (Å²) in [6, 6.07) is 7.86. The van der Waals surface area contributed by atoms with Crippen molar-refractivity contribution in [3.8, 4) is 5.88 Å². The highest BCUT2D eigenvalue weighted by Crippen LogP contribution is 2.27. The number of halogens is 1. The number of benzene rings is 1. The summed E-state index contributed by atoms with van der Waals surface area (Å²) in [5.41, 5.74) is 4.46. The maximum Gasteiger partial charge on any atom is 0.267 e. The van der Waals surface area contributed by atoms with Crippen molar-refractivity contribution in [1.29, 1.82) is 0 Å². The van der Waals surface area contributed by atoms with Crippen molar-refractivity contribution in [2.45, 2.75) is 12.5 Å². The summed E-state index contributed by atoms with van der Waals surface area (Å²) in [7, 11) is 3.21. The first-order valence-corrected chi connectivity index (χ1v) is 8.17. The molecule has 0 saturated carbocycles. The molecule has 1 aliphatic heterocycles. The van der Waals surface area contributed by atoms with Crippen molar-refractivity contribution >= 4 is 33.9 Å². The van der Waals surface area contributed by atoms with Crippen molar-refractivity contribution < 1.29 is 5.11 Å². The van der Waals surface area contributed by atoms with Crippen molar-refractivity contribution in [1.82, 2.24) is 14.6 Å². The topological polar surface area (TPSA) is 71.6 Å². The number of aromatic hydroxyl groups is 1. The standard InChI is InChI=1S/C15H15BrN4O2S/c1-19-13(21)12(14(22)20(2)15(19)23)11-7-10(17-18-11)8-3-5-9(16)6-4-8/h3-6,10,17,21H,7H2,1-2H3/t10-/m0/s1.